The lowest BCUT2D eigenvalue weighted by atomic mass is 9.77. The van der Waals surface area contributed by atoms with Crippen molar-refractivity contribution in [2.24, 2.45) is 5.92 Å². The third-order valence-electron chi connectivity index (χ3n) is 5.52. The van der Waals surface area contributed by atoms with E-state index in [1.807, 2.05) is 12.1 Å². The van der Waals surface area contributed by atoms with Crippen molar-refractivity contribution in [3.8, 4) is 0 Å². The Morgan fingerprint density at radius 2 is 1.69 bits per heavy atom. The molecule has 1 amide bonds. The molecule has 0 aliphatic heterocycles. The van der Waals surface area contributed by atoms with Crippen molar-refractivity contribution in [1.29, 1.82) is 0 Å². The molecule has 4 heteroatoms. The molecule has 1 fully saturated rings. The molecule has 2 rings (SSSR count). The van der Waals surface area contributed by atoms with Crippen LogP contribution in [0.15, 0.2) is 24.3 Å². The molecule has 1 saturated carbocycles. The van der Waals surface area contributed by atoms with E-state index < -0.39 is 5.97 Å². The second kappa shape index (κ2) is 11.0. The smallest absolute Gasteiger partial charge is 0.303 e. The summed E-state index contributed by atoms with van der Waals surface area (Å²) < 4.78 is 0. The first-order valence-electron chi connectivity index (χ1n) is 10.2. The van der Waals surface area contributed by atoms with E-state index in [0.29, 0.717) is 12.3 Å². The average Bonchev–Trinajstić information content (AvgIpc) is 2.63. The van der Waals surface area contributed by atoms with Crippen molar-refractivity contribution in [1.82, 2.24) is 0 Å². The van der Waals surface area contributed by atoms with Crippen LogP contribution >= 0.6 is 0 Å². The number of benzene rings is 1. The van der Waals surface area contributed by atoms with Crippen LogP contribution in [0.3, 0.4) is 0 Å². The van der Waals surface area contributed by atoms with E-state index in [9.17, 15) is 9.59 Å². The molecule has 0 saturated heterocycles. The second-order valence-corrected chi connectivity index (χ2v) is 7.63. The summed E-state index contributed by atoms with van der Waals surface area (Å²) in [7, 11) is 0. The maximum absolute atomic E-state index is 11.8. The van der Waals surface area contributed by atoms with Crippen molar-refractivity contribution >= 4 is 17.6 Å². The molecule has 0 unspecified atom stereocenters. The first kappa shape index (κ1) is 20.5. The van der Waals surface area contributed by atoms with Crippen LogP contribution in [-0.2, 0) is 9.59 Å². The van der Waals surface area contributed by atoms with E-state index in [2.05, 4.69) is 24.4 Å². The van der Waals surface area contributed by atoms with E-state index in [-0.39, 0.29) is 18.7 Å². The summed E-state index contributed by atoms with van der Waals surface area (Å²) in [6.07, 6.45) is 11.3. The van der Waals surface area contributed by atoms with Gasteiger partial charge in [-0.1, -0.05) is 44.7 Å². The van der Waals surface area contributed by atoms with Gasteiger partial charge in [0.15, 0.2) is 0 Å². The Balaban J connectivity index is 1.73. The Kier molecular flexibility index (Phi) is 8.66. The van der Waals surface area contributed by atoms with Crippen LogP contribution in [0.5, 0.6) is 0 Å². The number of hydrogen-bond acceptors (Lipinski definition) is 2. The Morgan fingerprint density at radius 3 is 2.31 bits per heavy atom. The number of anilines is 1. The fourth-order valence-corrected chi connectivity index (χ4v) is 3.93. The third kappa shape index (κ3) is 7.19. The molecule has 1 aromatic rings. The minimum Gasteiger partial charge on any atom is -0.481 e. The third-order valence-corrected chi connectivity index (χ3v) is 5.52. The first-order valence-corrected chi connectivity index (χ1v) is 10.2. The van der Waals surface area contributed by atoms with Crippen molar-refractivity contribution in [2.45, 2.75) is 83.5 Å². The molecule has 0 atom stereocenters. The summed E-state index contributed by atoms with van der Waals surface area (Å²) >= 11 is 0. The zero-order valence-corrected chi connectivity index (χ0v) is 16.0. The fourth-order valence-electron chi connectivity index (χ4n) is 3.93. The summed E-state index contributed by atoms with van der Waals surface area (Å²) in [5.74, 6) is 0.591. The predicted molar refractivity (Wildman–Crippen MR) is 105 cm³/mol. The van der Waals surface area contributed by atoms with Gasteiger partial charge >= 0.3 is 5.97 Å². The minimum atomic E-state index is -0.859. The van der Waals surface area contributed by atoms with Gasteiger partial charge in [0.2, 0.25) is 5.91 Å². The molecule has 144 valence electrons. The summed E-state index contributed by atoms with van der Waals surface area (Å²) in [6, 6.07) is 8.21. The molecule has 0 spiro atoms. The number of carbonyl (C=O) groups is 2. The highest BCUT2D eigenvalue weighted by Gasteiger charge is 2.22. The quantitative estimate of drug-likeness (QED) is 0.524. The first-order chi connectivity index (χ1) is 12.6. The van der Waals surface area contributed by atoms with Gasteiger partial charge in [-0.05, 0) is 61.6 Å². The highest BCUT2D eigenvalue weighted by Crippen LogP contribution is 2.38. The van der Waals surface area contributed by atoms with Crippen molar-refractivity contribution in [2.75, 3.05) is 5.32 Å². The van der Waals surface area contributed by atoms with Gasteiger partial charge in [-0.25, -0.2) is 0 Å². The van der Waals surface area contributed by atoms with Gasteiger partial charge in [0.25, 0.3) is 0 Å². The van der Waals surface area contributed by atoms with Crippen molar-refractivity contribution < 1.29 is 14.7 Å². The summed E-state index contributed by atoms with van der Waals surface area (Å²) in [5, 5.41) is 11.5. The molecular formula is C22H33NO3. The number of carbonyl (C=O) groups excluding carboxylic acids is 1. The lowest BCUT2D eigenvalue weighted by Crippen LogP contribution is -2.14. The maximum Gasteiger partial charge on any atom is 0.303 e. The highest BCUT2D eigenvalue weighted by atomic mass is 16.4. The topological polar surface area (TPSA) is 66.4 Å². The van der Waals surface area contributed by atoms with E-state index in [4.69, 9.17) is 5.11 Å². The largest absolute Gasteiger partial charge is 0.481 e. The monoisotopic (exact) mass is 359 g/mol. The number of aliphatic carboxylic acids is 1. The normalized spacial score (nSPS) is 19.9. The van der Waals surface area contributed by atoms with E-state index in [1.165, 1.54) is 56.9 Å². The molecule has 0 radical (unpaired) electrons. The number of amides is 1. The van der Waals surface area contributed by atoms with Crippen LogP contribution in [0.2, 0.25) is 0 Å². The number of carboxylic acid groups (broad SMARTS) is 1. The average molecular weight is 360 g/mol. The second-order valence-electron chi connectivity index (χ2n) is 7.63. The summed E-state index contributed by atoms with van der Waals surface area (Å²) in [5.41, 5.74) is 2.17. The number of rotatable bonds is 10. The van der Waals surface area contributed by atoms with E-state index in [0.717, 1.165) is 11.6 Å². The Labute approximate surface area is 157 Å². The molecule has 0 aromatic heterocycles. The SMILES string of the molecule is CCCCCC1CCC(c2ccc(NC(=O)CCCC(=O)O)cc2)CC1. The van der Waals surface area contributed by atoms with Gasteiger partial charge in [-0.3, -0.25) is 9.59 Å². The molecule has 0 bridgehead atoms. The lowest BCUT2D eigenvalue weighted by molar-refractivity contribution is -0.137. The molecular weight excluding hydrogens is 326 g/mol. The Hall–Kier alpha value is -1.84. The summed E-state index contributed by atoms with van der Waals surface area (Å²) in [6.45, 7) is 2.26. The van der Waals surface area contributed by atoms with Crippen LogP contribution in [-0.4, -0.2) is 17.0 Å². The standard InChI is InChI=1S/C22H33NO3/c1-2-3-4-6-17-9-11-18(12-10-17)19-13-15-20(16-14-19)23-21(24)7-5-8-22(25)26/h13-18H,2-12H2,1H3,(H,23,24)(H,25,26). The lowest BCUT2D eigenvalue weighted by Gasteiger charge is -2.29. The van der Waals surface area contributed by atoms with E-state index in [1.54, 1.807) is 0 Å². The zero-order chi connectivity index (χ0) is 18.8. The number of hydrogen-bond donors (Lipinski definition) is 2. The number of nitrogens with one attached hydrogen (secondary N) is 1. The molecule has 1 aliphatic rings. The van der Waals surface area contributed by atoms with Crippen molar-refractivity contribution in [3.63, 3.8) is 0 Å². The van der Waals surface area contributed by atoms with Crippen LogP contribution in [0.1, 0.15) is 89.0 Å². The molecule has 4 nitrogen and oxygen atoms in total. The summed E-state index contributed by atoms with van der Waals surface area (Å²) in [4.78, 5) is 22.3. The Bertz CT molecular complexity index is 559. The van der Waals surface area contributed by atoms with Gasteiger partial charge < -0.3 is 10.4 Å². The predicted octanol–water partition coefficient (Wildman–Crippen LogP) is 5.73. The van der Waals surface area contributed by atoms with Gasteiger partial charge in [-0.15, -0.1) is 0 Å². The fraction of sp³-hybridized carbons (Fsp3) is 0.636. The molecule has 1 aliphatic carbocycles. The molecule has 2 N–H and O–H groups in total. The van der Waals surface area contributed by atoms with Crippen LogP contribution in [0.25, 0.3) is 0 Å². The molecule has 1 aromatic carbocycles. The number of carboxylic acids is 1. The molecule has 26 heavy (non-hydrogen) atoms. The van der Waals surface area contributed by atoms with Crippen molar-refractivity contribution in [3.05, 3.63) is 29.8 Å². The van der Waals surface area contributed by atoms with E-state index >= 15 is 0 Å². The van der Waals surface area contributed by atoms with Crippen LogP contribution < -0.4 is 5.32 Å². The zero-order valence-electron chi connectivity index (χ0n) is 16.0. The van der Waals surface area contributed by atoms with Crippen LogP contribution in [0, 0.1) is 5.92 Å². The minimum absolute atomic E-state index is 0.0352. The number of unbranched alkanes of at least 4 members (excludes halogenated alkanes) is 2. The molecule has 0 heterocycles. The van der Waals surface area contributed by atoms with Crippen LogP contribution in [0.4, 0.5) is 5.69 Å². The van der Waals surface area contributed by atoms with Gasteiger partial charge in [-0.2, -0.15) is 0 Å². The highest BCUT2D eigenvalue weighted by molar-refractivity contribution is 5.90. The van der Waals surface area contributed by atoms with Gasteiger partial charge in [0.1, 0.15) is 0 Å². The Morgan fingerprint density at radius 1 is 1.00 bits per heavy atom. The van der Waals surface area contributed by atoms with Gasteiger partial charge in [0, 0.05) is 18.5 Å². The maximum atomic E-state index is 11.8. The van der Waals surface area contributed by atoms with Gasteiger partial charge in [0.05, 0.1) is 0 Å².